The van der Waals surface area contributed by atoms with E-state index in [0.717, 1.165) is 17.2 Å². The molecule has 7 heteroatoms. The van der Waals surface area contributed by atoms with E-state index in [1.54, 1.807) is 30.3 Å². The van der Waals surface area contributed by atoms with Gasteiger partial charge in [-0.3, -0.25) is 9.79 Å². The fourth-order valence-corrected chi connectivity index (χ4v) is 3.12. The normalized spacial score (nSPS) is 13.0. The summed E-state index contributed by atoms with van der Waals surface area (Å²) >= 11 is 0. The Morgan fingerprint density at radius 3 is 2.53 bits per heavy atom. The van der Waals surface area contributed by atoms with Crippen molar-refractivity contribution in [1.29, 1.82) is 0 Å². The van der Waals surface area contributed by atoms with Crippen LogP contribution in [0.25, 0.3) is 5.57 Å². The smallest absolute Gasteiger partial charge is 0.258 e. The fourth-order valence-electron chi connectivity index (χ4n) is 3.12. The van der Waals surface area contributed by atoms with Gasteiger partial charge in [0, 0.05) is 11.3 Å². The standard InChI is InChI=1S/C23H15F3N2O2/c24-15-6-9-21(29)18(11-15)20-10-14(12-27-20)13-4-7-16(8-5-13)28-23(30)17-2-1-3-19(25)22(17)26/h1-11,29H,12H2,(H,28,30). The van der Waals surface area contributed by atoms with Gasteiger partial charge in [0.05, 0.1) is 17.8 Å². The first kappa shape index (κ1) is 19.4. The van der Waals surface area contributed by atoms with Gasteiger partial charge in [-0.15, -0.1) is 0 Å². The number of hydrogen-bond acceptors (Lipinski definition) is 3. The second-order valence-corrected chi connectivity index (χ2v) is 6.67. The molecule has 0 aromatic heterocycles. The topological polar surface area (TPSA) is 61.7 Å². The number of anilines is 1. The Bertz CT molecular complexity index is 1200. The van der Waals surface area contributed by atoms with Crippen LogP contribution >= 0.6 is 0 Å². The quantitative estimate of drug-likeness (QED) is 0.642. The van der Waals surface area contributed by atoms with Crippen molar-refractivity contribution in [3.05, 3.63) is 101 Å². The number of rotatable bonds is 4. The van der Waals surface area contributed by atoms with Gasteiger partial charge in [-0.1, -0.05) is 18.2 Å². The summed E-state index contributed by atoms with van der Waals surface area (Å²) in [6.07, 6.45) is 1.75. The molecule has 1 amide bonds. The Labute approximate surface area is 170 Å². The third-order valence-corrected chi connectivity index (χ3v) is 4.68. The number of phenols is 1. The Morgan fingerprint density at radius 1 is 1.00 bits per heavy atom. The summed E-state index contributed by atoms with van der Waals surface area (Å²) in [6, 6.07) is 13.8. The fraction of sp³-hybridized carbons (Fsp3) is 0.0435. The third-order valence-electron chi connectivity index (χ3n) is 4.68. The molecule has 2 N–H and O–H groups in total. The average molecular weight is 408 g/mol. The highest BCUT2D eigenvalue weighted by Gasteiger charge is 2.17. The zero-order valence-electron chi connectivity index (χ0n) is 15.5. The molecular weight excluding hydrogens is 393 g/mol. The second kappa shape index (κ2) is 7.87. The zero-order valence-corrected chi connectivity index (χ0v) is 15.5. The number of carbonyl (C=O) groups is 1. The highest BCUT2D eigenvalue weighted by molar-refractivity contribution is 6.16. The van der Waals surface area contributed by atoms with E-state index in [1.807, 2.05) is 0 Å². The number of hydrogen-bond donors (Lipinski definition) is 2. The molecule has 3 aromatic carbocycles. The van der Waals surface area contributed by atoms with Gasteiger partial charge in [0.25, 0.3) is 5.91 Å². The SMILES string of the molecule is O=C(Nc1ccc(C2=CC(c3cc(F)ccc3O)=NC2)cc1)c1cccc(F)c1F. The van der Waals surface area contributed by atoms with E-state index in [4.69, 9.17) is 0 Å². The molecule has 1 aliphatic heterocycles. The molecule has 4 rings (SSSR count). The van der Waals surface area contributed by atoms with Crippen LogP contribution in [0.1, 0.15) is 21.5 Å². The molecule has 1 heterocycles. The Kier molecular flexibility index (Phi) is 5.10. The number of benzene rings is 3. The maximum Gasteiger partial charge on any atom is 0.258 e. The van der Waals surface area contributed by atoms with E-state index in [-0.39, 0.29) is 11.3 Å². The number of aliphatic imine (C=N–C) groups is 1. The lowest BCUT2D eigenvalue weighted by Gasteiger charge is -2.08. The van der Waals surface area contributed by atoms with Gasteiger partial charge in [0.2, 0.25) is 0 Å². The van der Waals surface area contributed by atoms with Crippen LogP contribution in [0, 0.1) is 17.5 Å². The van der Waals surface area contributed by atoms with Crippen LogP contribution in [0.3, 0.4) is 0 Å². The van der Waals surface area contributed by atoms with Crippen LogP contribution in [-0.4, -0.2) is 23.3 Å². The molecule has 0 bridgehead atoms. The Morgan fingerprint density at radius 2 is 1.77 bits per heavy atom. The van der Waals surface area contributed by atoms with Crippen molar-refractivity contribution in [1.82, 2.24) is 0 Å². The number of halogens is 3. The third kappa shape index (κ3) is 3.82. The maximum atomic E-state index is 13.8. The molecule has 3 aromatic rings. The Balaban J connectivity index is 1.50. The second-order valence-electron chi connectivity index (χ2n) is 6.67. The summed E-state index contributed by atoms with van der Waals surface area (Å²) in [5.41, 5.74) is 2.48. The van der Waals surface area contributed by atoms with Crippen LogP contribution in [0.2, 0.25) is 0 Å². The van der Waals surface area contributed by atoms with Crippen molar-refractivity contribution in [2.24, 2.45) is 4.99 Å². The van der Waals surface area contributed by atoms with E-state index in [0.29, 0.717) is 23.5 Å². The van der Waals surface area contributed by atoms with Gasteiger partial charge in [0.15, 0.2) is 11.6 Å². The van der Waals surface area contributed by atoms with Gasteiger partial charge in [-0.05, 0) is 59.7 Å². The molecule has 0 aliphatic carbocycles. The van der Waals surface area contributed by atoms with Gasteiger partial charge in [-0.25, -0.2) is 13.2 Å². The van der Waals surface area contributed by atoms with Gasteiger partial charge in [0.1, 0.15) is 11.6 Å². The monoisotopic (exact) mass is 408 g/mol. The van der Waals surface area contributed by atoms with Crippen molar-refractivity contribution >= 4 is 22.9 Å². The number of phenolic OH excluding ortho intramolecular Hbond substituents is 1. The number of amides is 1. The molecule has 1 aliphatic rings. The van der Waals surface area contributed by atoms with Crippen LogP contribution in [0.4, 0.5) is 18.9 Å². The minimum absolute atomic E-state index is 0.0599. The summed E-state index contributed by atoms with van der Waals surface area (Å²) in [5.74, 6) is -3.58. The lowest BCUT2D eigenvalue weighted by molar-refractivity contribution is 0.102. The van der Waals surface area contributed by atoms with Crippen LogP contribution < -0.4 is 5.32 Å². The largest absolute Gasteiger partial charge is 0.507 e. The molecule has 4 nitrogen and oxygen atoms in total. The molecule has 0 atom stereocenters. The summed E-state index contributed by atoms with van der Waals surface area (Å²) in [6.45, 7) is 0.353. The van der Waals surface area contributed by atoms with Crippen molar-refractivity contribution in [3.8, 4) is 5.75 Å². The summed E-state index contributed by atoms with van der Waals surface area (Å²) in [5, 5.41) is 12.5. The highest BCUT2D eigenvalue weighted by atomic mass is 19.2. The average Bonchev–Trinajstić information content (AvgIpc) is 3.22. The first-order valence-corrected chi connectivity index (χ1v) is 9.02. The van der Waals surface area contributed by atoms with E-state index in [9.17, 15) is 23.1 Å². The molecule has 0 fully saturated rings. The zero-order chi connectivity index (χ0) is 21.3. The number of aromatic hydroxyl groups is 1. The minimum atomic E-state index is -1.20. The van der Waals surface area contributed by atoms with Crippen LogP contribution in [0.15, 0.2) is 71.7 Å². The first-order chi connectivity index (χ1) is 14.4. The summed E-state index contributed by atoms with van der Waals surface area (Å²) < 4.78 is 40.5. The molecule has 0 saturated carbocycles. The van der Waals surface area contributed by atoms with E-state index in [2.05, 4.69) is 10.3 Å². The molecule has 0 spiro atoms. The lowest BCUT2D eigenvalue weighted by Crippen LogP contribution is -2.14. The lowest BCUT2D eigenvalue weighted by atomic mass is 10.0. The van der Waals surface area contributed by atoms with Crippen molar-refractivity contribution in [2.75, 3.05) is 11.9 Å². The van der Waals surface area contributed by atoms with Crippen molar-refractivity contribution < 1.29 is 23.1 Å². The molecular formula is C23H15F3N2O2. The number of nitrogens with zero attached hydrogens (tertiary/aromatic N) is 1. The number of allylic oxidation sites excluding steroid dienone is 1. The molecule has 0 unspecified atom stereocenters. The van der Waals surface area contributed by atoms with E-state index in [1.165, 1.54) is 30.3 Å². The first-order valence-electron chi connectivity index (χ1n) is 9.02. The molecule has 30 heavy (non-hydrogen) atoms. The van der Waals surface area contributed by atoms with Gasteiger partial charge >= 0.3 is 0 Å². The Hall–Kier alpha value is -3.87. The van der Waals surface area contributed by atoms with Crippen molar-refractivity contribution in [2.45, 2.75) is 0 Å². The van der Waals surface area contributed by atoms with Crippen LogP contribution in [0.5, 0.6) is 5.75 Å². The van der Waals surface area contributed by atoms with Crippen LogP contribution in [-0.2, 0) is 0 Å². The van der Waals surface area contributed by atoms with Crippen molar-refractivity contribution in [3.63, 3.8) is 0 Å². The maximum absolute atomic E-state index is 13.8. The summed E-state index contributed by atoms with van der Waals surface area (Å²) in [7, 11) is 0. The number of carbonyl (C=O) groups excluding carboxylic acids is 1. The predicted molar refractivity (Wildman–Crippen MR) is 108 cm³/mol. The molecule has 0 radical (unpaired) electrons. The van der Waals surface area contributed by atoms with Gasteiger partial charge in [-0.2, -0.15) is 0 Å². The molecule has 0 saturated heterocycles. The van der Waals surface area contributed by atoms with E-state index >= 15 is 0 Å². The predicted octanol–water partition coefficient (Wildman–Crippen LogP) is 4.95. The van der Waals surface area contributed by atoms with Gasteiger partial charge < -0.3 is 10.4 Å². The highest BCUT2D eigenvalue weighted by Crippen LogP contribution is 2.27. The summed E-state index contributed by atoms with van der Waals surface area (Å²) in [4.78, 5) is 16.5. The minimum Gasteiger partial charge on any atom is -0.507 e. The molecule has 150 valence electrons. The number of nitrogens with one attached hydrogen (secondary N) is 1. The van der Waals surface area contributed by atoms with E-state index < -0.39 is 23.4 Å².